The van der Waals surface area contributed by atoms with Crippen LogP contribution in [0.4, 0.5) is 5.69 Å². The Balaban J connectivity index is 1.44. The molecule has 5 nitrogen and oxygen atoms in total. The fraction of sp³-hybridized carbons (Fsp3) is 0.0476. The number of carbonyl (C=O) groups excluding carboxylic acids is 2. The zero-order chi connectivity index (χ0) is 17.9. The van der Waals surface area contributed by atoms with Gasteiger partial charge in [-0.2, -0.15) is 0 Å². The highest BCUT2D eigenvalue weighted by molar-refractivity contribution is 6.06. The summed E-state index contributed by atoms with van der Waals surface area (Å²) >= 11 is 0. The third-order valence-electron chi connectivity index (χ3n) is 4.21. The van der Waals surface area contributed by atoms with Crippen molar-refractivity contribution in [2.24, 2.45) is 0 Å². The number of hydrogen-bond donors (Lipinski definition) is 2. The van der Waals surface area contributed by atoms with Gasteiger partial charge in [0.05, 0.1) is 5.56 Å². The van der Waals surface area contributed by atoms with E-state index >= 15 is 0 Å². The standard InChI is InChI=1S/C21H16N2O3/c24-20(23-19-11-5-7-14-6-1-2-8-15(14)19)13-26-21(25)17-12-22-18-10-4-3-9-16(17)18/h1-12,22H,13H2,(H,23,24). The second kappa shape index (κ2) is 6.72. The quantitative estimate of drug-likeness (QED) is 0.547. The number of aromatic nitrogens is 1. The normalized spacial score (nSPS) is 10.8. The minimum absolute atomic E-state index is 0.346. The van der Waals surface area contributed by atoms with Gasteiger partial charge in [-0.1, -0.05) is 54.6 Å². The highest BCUT2D eigenvalue weighted by Gasteiger charge is 2.15. The first-order valence-electron chi connectivity index (χ1n) is 8.23. The van der Waals surface area contributed by atoms with E-state index in [4.69, 9.17) is 4.74 Å². The summed E-state index contributed by atoms with van der Waals surface area (Å²) in [5.41, 5.74) is 1.95. The maximum Gasteiger partial charge on any atom is 0.340 e. The minimum atomic E-state index is -0.532. The van der Waals surface area contributed by atoms with E-state index in [2.05, 4.69) is 10.3 Å². The minimum Gasteiger partial charge on any atom is -0.452 e. The number of aromatic amines is 1. The van der Waals surface area contributed by atoms with Crippen LogP contribution < -0.4 is 5.32 Å². The average molecular weight is 344 g/mol. The van der Waals surface area contributed by atoms with Gasteiger partial charge < -0.3 is 15.0 Å². The fourth-order valence-corrected chi connectivity index (χ4v) is 2.97. The number of hydrogen-bond acceptors (Lipinski definition) is 3. The molecule has 1 amide bonds. The van der Waals surface area contributed by atoms with Crippen LogP contribution >= 0.6 is 0 Å². The van der Waals surface area contributed by atoms with Crippen molar-refractivity contribution >= 4 is 39.2 Å². The SMILES string of the molecule is O=C(COC(=O)c1c[nH]c2ccccc12)Nc1cccc2ccccc12. The maximum absolute atomic E-state index is 12.3. The van der Waals surface area contributed by atoms with Gasteiger partial charge in [0.15, 0.2) is 6.61 Å². The highest BCUT2D eigenvalue weighted by Crippen LogP contribution is 2.23. The van der Waals surface area contributed by atoms with E-state index in [1.165, 1.54) is 0 Å². The lowest BCUT2D eigenvalue weighted by molar-refractivity contribution is -0.119. The number of ether oxygens (including phenoxy) is 1. The first-order valence-corrected chi connectivity index (χ1v) is 8.23. The van der Waals surface area contributed by atoms with Gasteiger partial charge in [0, 0.05) is 28.2 Å². The van der Waals surface area contributed by atoms with Gasteiger partial charge in [-0.3, -0.25) is 4.79 Å². The maximum atomic E-state index is 12.3. The summed E-state index contributed by atoms with van der Waals surface area (Å²) in [4.78, 5) is 27.5. The molecule has 0 radical (unpaired) electrons. The molecule has 1 heterocycles. The average Bonchev–Trinajstić information content (AvgIpc) is 3.11. The number of nitrogens with one attached hydrogen (secondary N) is 2. The van der Waals surface area contributed by atoms with E-state index in [1.54, 1.807) is 6.20 Å². The second-order valence-electron chi connectivity index (χ2n) is 5.90. The van der Waals surface area contributed by atoms with Crippen LogP contribution in [0.15, 0.2) is 72.9 Å². The number of fused-ring (bicyclic) bond motifs is 2. The zero-order valence-corrected chi connectivity index (χ0v) is 13.9. The topological polar surface area (TPSA) is 71.2 Å². The number of benzene rings is 3. The molecule has 0 aliphatic carbocycles. The van der Waals surface area contributed by atoms with E-state index in [0.29, 0.717) is 11.3 Å². The summed E-state index contributed by atoms with van der Waals surface area (Å²) in [7, 11) is 0. The molecule has 26 heavy (non-hydrogen) atoms. The summed E-state index contributed by atoms with van der Waals surface area (Å²) < 4.78 is 5.17. The Hall–Kier alpha value is -3.60. The second-order valence-corrected chi connectivity index (χ2v) is 5.90. The number of esters is 1. The molecular weight excluding hydrogens is 328 g/mol. The molecule has 0 aliphatic rings. The third kappa shape index (κ3) is 3.02. The van der Waals surface area contributed by atoms with Crippen molar-refractivity contribution in [1.82, 2.24) is 4.98 Å². The van der Waals surface area contributed by atoms with Crippen LogP contribution in [0.2, 0.25) is 0 Å². The molecule has 0 atom stereocenters. The summed E-state index contributed by atoms with van der Waals surface area (Å²) in [6, 6.07) is 20.9. The largest absolute Gasteiger partial charge is 0.452 e. The molecule has 1 aromatic heterocycles. The summed E-state index contributed by atoms with van der Waals surface area (Å²) in [6.45, 7) is -0.346. The van der Waals surface area contributed by atoms with Crippen molar-refractivity contribution in [2.75, 3.05) is 11.9 Å². The third-order valence-corrected chi connectivity index (χ3v) is 4.21. The smallest absolute Gasteiger partial charge is 0.340 e. The zero-order valence-electron chi connectivity index (χ0n) is 13.9. The van der Waals surface area contributed by atoms with Crippen molar-refractivity contribution in [3.05, 3.63) is 78.5 Å². The molecule has 0 unspecified atom stereocenters. The number of carbonyl (C=O) groups is 2. The van der Waals surface area contributed by atoms with Gasteiger partial charge in [0.2, 0.25) is 0 Å². The molecule has 4 rings (SSSR count). The highest BCUT2D eigenvalue weighted by atomic mass is 16.5. The van der Waals surface area contributed by atoms with Crippen LogP contribution in [0.25, 0.3) is 21.7 Å². The molecule has 4 aromatic rings. The first-order chi connectivity index (χ1) is 12.7. The number of H-pyrrole nitrogens is 1. The van der Waals surface area contributed by atoms with Gasteiger partial charge in [0.1, 0.15) is 0 Å². The van der Waals surface area contributed by atoms with Crippen molar-refractivity contribution < 1.29 is 14.3 Å². The van der Waals surface area contributed by atoms with Gasteiger partial charge in [-0.05, 0) is 17.5 Å². The van der Waals surface area contributed by atoms with Crippen molar-refractivity contribution in [2.45, 2.75) is 0 Å². The predicted octanol–water partition coefficient (Wildman–Crippen LogP) is 4.12. The van der Waals surface area contributed by atoms with Crippen molar-refractivity contribution in [1.29, 1.82) is 0 Å². The Labute approximate surface area is 149 Å². The Morgan fingerprint density at radius 1 is 0.885 bits per heavy atom. The lowest BCUT2D eigenvalue weighted by atomic mass is 10.1. The molecule has 2 N–H and O–H groups in total. The number of rotatable bonds is 4. The van der Waals surface area contributed by atoms with E-state index in [0.717, 1.165) is 21.7 Å². The van der Waals surface area contributed by atoms with Crippen LogP contribution in [0, 0.1) is 0 Å². The molecule has 0 bridgehead atoms. The molecule has 5 heteroatoms. The lowest BCUT2D eigenvalue weighted by Gasteiger charge is -2.09. The summed E-state index contributed by atoms with van der Waals surface area (Å²) in [6.07, 6.45) is 1.59. The van der Waals surface area contributed by atoms with Crippen molar-refractivity contribution in [3.63, 3.8) is 0 Å². The fourth-order valence-electron chi connectivity index (χ4n) is 2.97. The van der Waals surface area contributed by atoms with Gasteiger partial charge in [-0.25, -0.2) is 4.79 Å². The Kier molecular flexibility index (Phi) is 4.11. The summed E-state index contributed by atoms with van der Waals surface area (Å²) in [5.74, 6) is -0.912. The Bertz CT molecular complexity index is 1110. The predicted molar refractivity (Wildman–Crippen MR) is 101 cm³/mol. The number of anilines is 1. The van der Waals surface area contributed by atoms with Crippen LogP contribution in [0.5, 0.6) is 0 Å². The molecule has 0 aliphatic heterocycles. The van der Waals surface area contributed by atoms with Crippen molar-refractivity contribution in [3.8, 4) is 0 Å². The molecule has 0 saturated heterocycles. The van der Waals surface area contributed by atoms with E-state index in [-0.39, 0.29) is 12.5 Å². The van der Waals surface area contributed by atoms with E-state index < -0.39 is 5.97 Å². The molecule has 0 saturated carbocycles. The number of para-hydroxylation sites is 1. The Morgan fingerprint density at radius 3 is 2.50 bits per heavy atom. The molecule has 3 aromatic carbocycles. The van der Waals surface area contributed by atoms with Gasteiger partial charge >= 0.3 is 5.97 Å². The molecule has 128 valence electrons. The molecule has 0 spiro atoms. The van der Waals surface area contributed by atoms with Gasteiger partial charge in [0.25, 0.3) is 5.91 Å². The van der Waals surface area contributed by atoms with E-state index in [9.17, 15) is 9.59 Å². The number of amides is 1. The first kappa shape index (κ1) is 15.9. The molecular formula is C21H16N2O3. The van der Waals surface area contributed by atoms with E-state index in [1.807, 2.05) is 66.7 Å². The monoisotopic (exact) mass is 344 g/mol. The van der Waals surface area contributed by atoms with Crippen LogP contribution in [-0.2, 0) is 9.53 Å². The summed E-state index contributed by atoms with van der Waals surface area (Å²) in [5, 5.41) is 5.53. The van der Waals surface area contributed by atoms with Crippen LogP contribution in [0.1, 0.15) is 10.4 Å². The van der Waals surface area contributed by atoms with Crippen LogP contribution in [-0.4, -0.2) is 23.5 Å². The molecule has 0 fully saturated rings. The van der Waals surface area contributed by atoms with Crippen LogP contribution in [0.3, 0.4) is 0 Å². The lowest BCUT2D eigenvalue weighted by Crippen LogP contribution is -2.21. The van der Waals surface area contributed by atoms with Gasteiger partial charge in [-0.15, -0.1) is 0 Å². The Morgan fingerprint density at radius 2 is 1.62 bits per heavy atom.